The van der Waals surface area contributed by atoms with Crippen molar-refractivity contribution in [3.8, 4) is 11.5 Å². The summed E-state index contributed by atoms with van der Waals surface area (Å²) in [6.45, 7) is 8.11. The number of amides is 1. The van der Waals surface area contributed by atoms with Crippen LogP contribution in [0, 0.1) is 0 Å². The van der Waals surface area contributed by atoms with Gasteiger partial charge in [-0.3, -0.25) is 4.79 Å². The van der Waals surface area contributed by atoms with Gasteiger partial charge in [-0.05, 0) is 57.8 Å². The first-order valence-corrected chi connectivity index (χ1v) is 9.61. The normalized spacial score (nSPS) is 14.4. The summed E-state index contributed by atoms with van der Waals surface area (Å²) in [5, 5.41) is 3.37. The molecule has 148 valence electrons. The highest BCUT2D eigenvalue weighted by Gasteiger charge is 2.24. The Labute approximate surface area is 163 Å². The second-order valence-corrected chi connectivity index (χ2v) is 6.40. The molecule has 6 heteroatoms. The fourth-order valence-electron chi connectivity index (χ4n) is 3.26. The highest BCUT2D eigenvalue weighted by atomic mass is 35.5. The van der Waals surface area contributed by atoms with Crippen LogP contribution in [0.15, 0.2) is 24.3 Å². The van der Waals surface area contributed by atoms with Crippen molar-refractivity contribution in [1.82, 2.24) is 10.2 Å². The number of nitrogens with one attached hydrogen (secondary N) is 1. The van der Waals surface area contributed by atoms with Crippen molar-refractivity contribution in [3.63, 3.8) is 0 Å². The Balaban J connectivity index is 0.00000338. The summed E-state index contributed by atoms with van der Waals surface area (Å²) in [6, 6.07) is 8.08. The van der Waals surface area contributed by atoms with Crippen LogP contribution in [-0.2, 0) is 4.79 Å². The van der Waals surface area contributed by atoms with Crippen LogP contribution < -0.4 is 14.8 Å². The van der Waals surface area contributed by atoms with Gasteiger partial charge in [0.2, 0.25) is 5.91 Å². The molecule has 0 bridgehead atoms. The molecular weight excluding hydrogens is 352 g/mol. The number of benzene rings is 1. The molecule has 1 aromatic rings. The molecule has 1 saturated heterocycles. The molecule has 0 saturated carbocycles. The number of ether oxygens (including phenoxy) is 2. The standard InChI is InChI=1S/C20H32N2O3.ClH/c1-3-15-22(17-11-13-21-14-12-17)20(23)10-7-16-25-19-9-6-5-8-18(19)24-4-2;/h5-6,8-9,17,21H,3-4,7,10-16H2,1-2H3;1H. The number of carbonyl (C=O) groups excluding carboxylic acids is 1. The molecule has 1 aromatic carbocycles. The number of hydrogen-bond donors (Lipinski definition) is 1. The average Bonchev–Trinajstić information content (AvgIpc) is 2.65. The van der Waals surface area contributed by atoms with Crippen molar-refractivity contribution >= 4 is 18.3 Å². The number of para-hydroxylation sites is 2. The zero-order chi connectivity index (χ0) is 17.9. The molecule has 1 heterocycles. The summed E-state index contributed by atoms with van der Waals surface area (Å²) in [4.78, 5) is 14.7. The van der Waals surface area contributed by atoms with Gasteiger partial charge in [-0.15, -0.1) is 12.4 Å². The maximum atomic E-state index is 12.6. The van der Waals surface area contributed by atoms with Crippen molar-refractivity contribution in [1.29, 1.82) is 0 Å². The first kappa shape index (κ1) is 22.6. The van der Waals surface area contributed by atoms with Gasteiger partial charge in [0.25, 0.3) is 0 Å². The quantitative estimate of drug-likeness (QED) is 0.625. The van der Waals surface area contributed by atoms with E-state index in [4.69, 9.17) is 9.47 Å². The zero-order valence-corrected chi connectivity index (χ0v) is 16.9. The Hall–Kier alpha value is -1.46. The minimum absolute atomic E-state index is 0. The number of nitrogens with zero attached hydrogens (tertiary/aromatic N) is 1. The number of halogens is 1. The Morgan fingerprint density at radius 2 is 1.81 bits per heavy atom. The summed E-state index contributed by atoms with van der Waals surface area (Å²) < 4.78 is 11.4. The molecule has 2 rings (SSSR count). The van der Waals surface area contributed by atoms with E-state index < -0.39 is 0 Å². The monoisotopic (exact) mass is 384 g/mol. The number of hydrogen-bond acceptors (Lipinski definition) is 4. The highest BCUT2D eigenvalue weighted by molar-refractivity contribution is 5.85. The van der Waals surface area contributed by atoms with Crippen LogP contribution in [0.1, 0.15) is 46.0 Å². The van der Waals surface area contributed by atoms with Crippen LogP contribution in [0.5, 0.6) is 11.5 Å². The minimum Gasteiger partial charge on any atom is -0.490 e. The van der Waals surface area contributed by atoms with E-state index in [1.165, 1.54) is 0 Å². The predicted molar refractivity (Wildman–Crippen MR) is 107 cm³/mol. The maximum Gasteiger partial charge on any atom is 0.222 e. The Kier molecular flexibility index (Phi) is 11.1. The van der Waals surface area contributed by atoms with Crippen molar-refractivity contribution in [3.05, 3.63) is 24.3 Å². The lowest BCUT2D eigenvalue weighted by Gasteiger charge is -2.34. The van der Waals surface area contributed by atoms with E-state index in [1.807, 2.05) is 31.2 Å². The minimum atomic E-state index is 0. The van der Waals surface area contributed by atoms with Gasteiger partial charge in [-0.2, -0.15) is 0 Å². The van der Waals surface area contributed by atoms with Crippen molar-refractivity contribution < 1.29 is 14.3 Å². The first-order valence-electron chi connectivity index (χ1n) is 9.61. The lowest BCUT2D eigenvalue weighted by molar-refractivity contribution is -0.134. The number of rotatable bonds is 10. The molecule has 0 spiro atoms. The molecule has 26 heavy (non-hydrogen) atoms. The van der Waals surface area contributed by atoms with Crippen molar-refractivity contribution in [2.75, 3.05) is 32.8 Å². The van der Waals surface area contributed by atoms with E-state index in [0.717, 1.165) is 56.8 Å². The van der Waals surface area contributed by atoms with E-state index in [2.05, 4.69) is 17.1 Å². The summed E-state index contributed by atoms with van der Waals surface area (Å²) in [7, 11) is 0. The molecule has 1 aliphatic heterocycles. The molecule has 1 N–H and O–H groups in total. The van der Waals surface area contributed by atoms with Gasteiger partial charge in [0.15, 0.2) is 11.5 Å². The van der Waals surface area contributed by atoms with Crippen LogP contribution in [0.25, 0.3) is 0 Å². The third-order valence-corrected chi connectivity index (χ3v) is 4.48. The molecule has 1 amide bonds. The predicted octanol–water partition coefficient (Wildman–Crippen LogP) is 3.66. The van der Waals surface area contributed by atoms with Gasteiger partial charge in [-0.1, -0.05) is 19.1 Å². The van der Waals surface area contributed by atoms with Gasteiger partial charge in [-0.25, -0.2) is 0 Å². The van der Waals surface area contributed by atoms with Crippen LogP contribution in [0.4, 0.5) is 0 Å². The van der Waals surface area contributed by atoms with Crippen LogP contribution in [0.2, 0.25) is 0 Å². The lowest BCUT2D eigenvalue weighted by atomic mass is 10.0. The molecule has 0 atom stereocenters. The van der Waals surface area contributed by atoms with Crippen LogP contribution >= 0.6 is 12.4 Å². The van der Waals surface area contributed by atoms with Crippen molar-refractivity contribution in [2.45, 2.75) is 52.0 Å². The molecule has 0 aliphatic carbocycles. The molecule has 0 radical (unpaired) electrons. The van der Waals surface area contributed by atoms with E-state index in [1.54, 1.807) is 0 Å². The average molecular weight is 385 g/mol. The van der Waals surface area contributed by atoms with E-state index in [-0.39, 0.29) is 18.3 Å². The molecule has 0 aromatic heterocycles. The van der Waals surface area contributed by atoms with Crippen molar-refractivity contribution in [2.24, 2.45) is 0 Å². The fraction of sp³-hybridized carbons (Fsp3) is 0.650. The third-order valence-electron chi connectivity index (χ3n) is 4.48. The van der Waals surface area contributed by atoms with Gasteiger partial charge in [0, 0.05) is 19.0 Å². The lowest BCUT2D eigenvalue weighted by Crippen LogP contribution is -2.46. The maximum absolute atomic E-state index is 12.6. The van der Waals surface area contributed by atoms with Gasteiger partial charge >= 0.3 is 0 Å². The van der Waals surface area contributed by atoms with Gasteiger partial charge in [0.1, 0.15) is 0 Å². The van der Waals surface area contributed by atoms with E-state index >= 15 is 0 Å². The summed E-state index contributed by atoms with van der Waals surface area (Å²) in [5.41, 5.74) is 0. The molecule has 1 fully saturated rings. The smallest absolute Gasteiger partial charge is 0.222 e. The van der Waals surface area contributed by atoms with Gasteiger partial charge < -0.3 is 19.7 Å². The fourth-order valence-corrected chi connectivity index (χ4v) is 3.26. The number of carbonyl (C=O) groups is 1. The Morgan fingerprint density at radius 1 is 1.15 bits per heavy atom. The summed E-state index contributed by atoms with van der Waals surface area (Å²) in [6.07, 6.45) is 4.40. The summed E-state index contributed by atoms with van der Waals surface area (Å²) >= 11 is 0. The Morgan fingerprint density at radius 3 is 2.42 bits per heavy atom. The summed E-state index contributed by atoms with van der Waals surface area (Å²) in [5.74, 6) is 1.77. The number of piperidine rings is 1. The second-order valence-electron chi connectivity index (χ2n) is 6.40. The Bertz CT molecular complexity index is 522. The second kappa shape index (κ2) is 12.8. The molecule has 1 aliphatic rings. The largest absolute Gasteiger partial charge is 0.490 e. The first-order chi connectivity index (χ1) is 12.3. The third kappa shape index (κ3) is 7.04. The van der Waals surface area contributed by atoms with Crippen LogP contribution in [-0.4, -0.2) is 49.7 Å². The molecular formula is C20H33ClN2O3. The highest BCUT2D eigenvalue weighted by Crippen LogP contribution is 2.26. The topological polar surface area (TPSA) is 50.8 Å². The van der Waals surface area contributed by atoms with E-state index in [0.29, 0.717) is 25.7 Å². The zero-order valence-electron chi connectivity index (χ0n) is 16.0. The van der Waals surface area contributed by atoms with Crippen LogP contribution in [0.3, 0.4) is 0 Å². The molecule has 0 unspecified atom stereocenters. The molecule has 5 nitrogen and oxygen atoms in total. The van der Waals surface area contributed by atoms with Gasteiger partial charge in [0.05, 0.1) is 13.2 Å². The van der Waals surface area contributed by atoms with E-state index in [9.17, 15) is 4.79 Å². The SMILES string of the molecule is CCCN(C(=O)CCCOc1ccccc1OCC)C1CCNCC1.Cl.